The molecule has 9 aromatic rings. The van der Waals surface area contributed by atoms with Crippen LogP contribution in [0, 0.1) is 43.3 Å². The Bertz CT molecular complexity index is 6070. The van der Waals surface area contributed by atoms with Crippen molar-refractivity contribution in [3.8, 4) is 0 Å². The molecule has 150 heavy (non-hydrogen) atoms. The minimum Gasteiger partial charge on any atom is -0.479 e. The van der Waals surface area contributed by atoms with Crippen molar-refractivity contribution in [2.75, 3.05) is 22.2 Å². The smallest absolute Gasteiger partial charge is 0.333 e. The van der Waals surface area contributed by atoms with Crippen LogP contribution in [0.1, 0.15) is 284 Å². The van der Waals surface area contributed by atoms with Crippen LogP contribution in [0.3, 0.4) is 0 Å². The maximum atomic E-state index is 13.8. The number of hydrogen-bond donors (Lipinski definition) is 12. The number of rotatable bonds is 46. The molecule has 814 valence electrons. The number of nitrogens with zero attached hydrogens (tertiary/aromatic N) is 10. The van der Waals surface area contributed by atoms with E-state index in [-0.39, 0.29) is 139 Å². The lowest BCUT2D eigenvalue weighted by Gasteiger charge is -2.46. The number of hydrogen-bond acceptors (Lipinski definition) is 26. The quantitative estimate of drug-likeness (QED) is 0.0169. The number of anilines is 3. The second-order valence-electron chi connectivity index (χ2n) is 44.5. The number of aliphatic carboxylic acids is 1. The number of carbonyl (C=O) groups excluding carboxylic acids is 9. The lowest BCUT2D eigenvalue weighted by atomic mass is 9.60. The third-order valence-corrected chi connectivity index (χ3v) is 35.9. The number of aliphatic hydroxyl groups is 5. The third-order valence-electron chi connectivity index (χ3n) is 33.1. The van der Waals surface area contributed by atoms with Crippen LogP contribution >= 0.6 is 0 Å². The molecule has 5 unspecified atom stereocenters. The standard InChI is InChI=1S/2C33H40N4O6S.C21H33N3O3.C13H20N2O2.C8H14O3.C4H7N3/c2*1-32(15-6-16-32)21-27(29(39)22-33(17-7-18-33)30(40)28(38)20-25-14-19-37(2)35-25)34-31(41)23-10-12-24(13-11-23)36-44(42,43)26-8-4-3-5-9-26;1-20(7-4-8-20)13-16(22-2)18(26)14-21(9-5-10-21)19(27)17(25)12-15-6-11-24(3)23-15;1-3-13(6-4-7-13)12(17)11(16)9-10-5-8-15(2)14-10;1-2-8(4-3-5-8)6(9)7(10)11;1-7-3-2-4(5)6-7/h2*3-5,8-14,19,27,30,36,40H,6-7,15-18,20-22H2,1-2H3,(H,34,41);6,11,16,19,22,27H,4-5,7-10,12-14H2,1-3H3;5,8,12,17H,3-4,6-7,9H2,1-2H3;6,9H,2-5H2,1H3,(H,10,11);2-3H,1H3,(H2,5,6)/t2*27-,30?;16-,19?;;;/m000.../s1. The van der Waals surface area contributed by atoms with Crippen LogP contribution < -0.4 is 31.1 Å². The third kappa shape index (κ3) is 30.1. The summed E-state index contributed by atoms with van der Waals surface area (Å²) in [6.07, 6.45) is 29.0. The number of carbonyl (C=O) groups is 10. The van der Waals surface area contributed by atoms with E-state index >= 15 is 0 Å². The number of aliphatic hydroxyl groups excluding tert-OH is 5. The number of Topliss-reactive ketones (excluding diaryl/α,β-unsaturated/α-hetero) is 7. The van der Waals surface area contributed by atoms with Gasteiger partial charge >= 0.3 is 5.97 Å². The number of likely N-dealkylation sites (N-methyl/N-ethyl adjacent to an activating group) is 1. The summed E-state index contributed by atoms with van der Waals surface area (Å²) in [5.41, 5.74) is 6.34. The van der Waals surface area contributed by atoms with Gasteiger partial charge in [0.15, 0.2) is 40.8 Å². The molecule has 8 aliphatic carbocycles. The maximum absolute atomic E-state index is 13.8. The molecule has 38 heteroatoms. The van der Waals surface area contributed by atoms with Gasteiger partial charge in [0.25, 0.3) is 31.9 Å². The summed E-state index contributed by atoms with van der Waals surface area (Å²) >= 11 is 0. The van der Waals surface area contributed by atoms with Gasteiger partial charge in [-0.25, -0.2) is 21.6 Å². The van der Waals surface area contributed by atoms with Crippen molar-refractivity contribution in [1.29, 1.82) is 0 Å². The molecule has 8 saturated carbocycles. The van der Waals surface area contributed by atoms with Crippen molar-refractivity contribution >= 4 is 95.5 Å². The number of sulfonamides is 2. The van der Waals surface area contributed by atoms with Crippen LogP contribution in [0.5, 0.6) is 0 Å². The van der Waals surface area contributed by atoms with Crippen molar-refractivity contribution in [3.63, 3.8) is 0 Å². The van der Waals surface area contributed by atoms with Crippen molar-refractivity contribution in [1.82, 2.24) is 64.9 Å². The number of aromatic nitrogens is 10. The summed E-state index contributed by atoms with van der Waals surface area (Å²) in [4.78, 5) is 129. The molecule has 0 radical (unpaired) electrons. The number of nitrogens with one attached hydrogen (secondary N) is 5. The van der Waals surface area contributed by atoms with Gasteiger partial charge in [-0.15, -0.1) is 0 Å². The van der Waals surface area contributed by atoms with Gasteiger partial charge in [-0.2, -0.15) is 25.5 Å². The molecule has 0 spiro atoms. The van der Waals surface area contributed by atoms with E-state index in [2.05, 4.69) is 78.6 Å². The molecule has 36 nitrogen and oxygen atoms in total. The van der Waals surface area contributed by atoms with E-state index in [1.54, 1.807) is 130 Å². The van der Waals surface area contributed by atoms with Crippen LogP contribution in [-0.4, -0.2) is 210 Å². The Hall–Kier alpha value is -11.9. The summed E-state index contributed by atoms with van der Waals surface area (Å²) < 4.78 is 63.9. The van der Waals surface area contributed by atoms with Crippen molar-refractivity contribution in [3.05, 3.63) is 204 Å². The van der Waals surface area contributed by atoms with E-state index in [0.29, 0.717) is 72.8 Å². The van der Waals surface area contributed by atoms with E-state index in [1.165, 1.54) is 92.1 Å². The number of benzene rings is 4. The number of carboxylic acids is 1. The fourth-order valence-corrected chi connectivity index (χ4v) is 24.2. The molecular weight excluding hydrogens is 1950 g/mol. The average Bonchev–Trinajstić information content (AvgIpc) is 0.926. The van der Waals surface area contributed by atoms with Gasteiger partial charge in [0.1, 0.15) is 36.0 Å². The molecule has 4 aromatic carbocycles. The first kappa shape index (κ1) is 117. The molecule has 13 N–H and O–H groups in total. The lowest BCUT2D eigenvalue weighted by Crippen LogP contribution is -2.52. The number of ketones is 7. The minimum absolute atomic E-state index is 0.00333. The Balaban J connectivity index is 0.000000174. The molecule has 8 fully saturated rings. The van der Waals surface area contributed by atoms with Gasteiger partial charge in [0.2, 0.25) is 0 Å². The van der Waals surface area contributed by atoms with Crippen molar-refractivity contribution in [2.45, 2.75) is 324 Å². The second kappa shape index (κ2) is 50.6. The molecule has 5 aromatic heterocycles. The largest absolute Gasteiger partial charge is 0.479 e. The molecule has 17 rings (SSSR count). The van der Waals surface area contributed by atoms with E-state index in [4.69, 9.17) is 10.8 Å². The average molecular weight is 2110 g/mol. The zero-order chi connectivity index (χ0) is 109. The summed E-state index contributed by atoms with van der Waals surface area (Å²) in [6.45, 7) is 10.5. The highest BCUT2D eigenvalue weighted by Gasteiger charge is 2.54. The summed E-state index contributed by atoms with van der Waals surface area (Å²) in [5.74, 6) is -2.68. The van der Waals surface area contributed by atoms with Gasteiger partial charge in [-0.05, 0) is 261 Å². The van der Waals surface area contributed by atoms with E-state index in [0.717, 1.165) is 134 Å². The topological polar surface area (TPSA) is 536 Å². The summed E-state index contributed by atoms with van der Waals surface area (Å²) in [5, 5.41) is 90.8. The van der Waals surface area contributed by atoms with Crippen LogP contribution in [0.4, 0.5) is 17.2 Å². The normalized spacial score (nSPS) is 19.1. The van der Waals surface area contributed by atoms with Crippen molar-refractivity contribution < 1.29 is 95.4 Å². The monoisotopic (exact) mass is 2110 g/mol. The Kier molecular flexibility index (Phi) is 39.4. The molecule has 2 amide bonds. The fraction of sp³-hybridized carbons (Fsp3) is 0.562. The first-order valence-electron chi connectivity index (χ1n) is 52.7. The van der Waals surface area contributed by atoms with E-state index < -0.39 is 96.7 Å². The highest BCUT2D eigenvalue weighted by atomic mass is 32.2. The first-order valence-corrected chi connectivity index (χ1v) is 55.6. The van der Waals surface area contributed by atoms with Gasteiger partial charge in [-0.3, -0.25) is 76.0 Å². The van der Waals surface area contributed by atoms with Crippen LogP contribution in [-0.2, 0) is 119 Å². The maximum Gasteiger partial charge on any atom is 0.333 e. The fourth-order valence-electron chi connectivity index (χ4n) is 22.0. The Morgan fingerprint density at radius 3 is 0.800 bits per heavy atom. The zero-order valence-electron chi connectivity index (χ0n) is 88.5. The van der Waals surface area contributed by atoms with Crippen LogP contribution in [0.2, 0.25) is 0 Å². The number of nitrogens with two attached hydrogens (primary N) is 1. The molecule has 0 saturated heterocycles. The molecular formula is C112H154N16O20S2. The van der Waals surface area contributed by atoms with Gasteiger partial charge in [-0.1, -0.05) is 122 Å². The van der Waals surface area contributed by atoms with Gasteiger partial charge < -0.3 is 52.3 Å². The number of nitrogen functional groups attached to an aromatic ring is 1. The number of amides is 2. The Morgan fingerprint density at radius 2 is 0.593 bits per heavy atom. The van der Waals surface area contributed by atoms with Crippen LogP contribution in [0.25, 0.3) is 0 Å². The van der Waals surface area contributed by atoms with Crippen LogP contribution in [0.15, 0.2) is 180 Å². The highest BCUT2D eigenvalue weighted by molar-refractivity contribution is 7.93. The van der Waals surface area contributed by atoms with Gasteiger partial charge in [0.05, 0.1) is 76.4 Å². The molecule has 8 aliphatic rings. The van der Waals surface area contributed by atoms with Gasteiger partial charge in [0, 0.05) is 135 Å². The first-order chi connectivity index (χ1) is 71.0. The van der Waals surface area contributed by atoms with E-state index in [1.807, 2.05) is 40.3 Å². The molecule has 8 atom stereocenters. The molecule has 5 heterocycles. The summed E-state index contributed by atoms with van der Waals surface area (Å²) in [7, 11) is 3.24. The number of carboxylic acid groups (broad SMARTS) is 1. The second-order valence-corrected chi connectivity index (χ2v) is 47.8. The van der Waals surface area contributed by atoms with E-state index in [9.17, 15) is 90.3 Å². The Labute approximate surface area is 880 Å². The molecule has 0 bridgehead atoms. The van der Waals surface area contributed by atoms with Crippen molar-refractivity contribution in [2.24, 2.45) is 78.6 Å². The highest BCUT2D eigenvalue weighted by Crippen LogP contribution is 2.54. The molecule has 0 aliphatic heterocycles. The SMILES string of the molecule is CCC1(C(O)C(=O)Cc2ccn(C)n2)CCC1.CCC1(C(O)C(=O)O)CCC1.CN[C@@H](CC1(C)CCC1)C(=O)CC1(C(O)C(=O)Cc2ccn(C)n2)CCC1.Cn1ccc(CC(=O)C(O)C2(CC(=O)[C@H](CC3(C)CCC3)NC(=O)c3ccc(NS(=O)(=O)c4ccccc4)cc3)CCC2)n1.Cn1ccc(CC(=O)C(O)C2(CC(=O)[C@H](CC3(C)CCC3)NC(=O)c3ccc(NS(=O)(=O)c4ccccc4)cc3)CCC2)n1.Cn1ccc(N)n1. The zero-order valence-corrected chi connectivity index (χ0v) is 90.1. The minimum atomic E-state index is -3.78. The summed E-state index contributed by atoms with van der Waals surface area (Å²) in [6, 6.07) is 35.1. The predicted molar refractivity (Wildman–Crippen MR) is 566 cm³/mol. The predicted octanol–water partition coefficient (Wildman–Crippen LogP) is 13.1. The number of aryl methyl sites for hydroxylation is 5. The lowest BCUT2D eigenvalue weighted by molar-refractivity contribution is -0.160. The Morgan fingerprint density at radius 1 is 0.340 bits per heavy atom.